The van der Waals surface area contributed by atoms with E-state index in [0.29, 0.717) is 5.75 Å². The molecule has 0 aliphatic carbocycles. The molecule has 4 nitrogen and oxygen atoms in total. The lowest BCUT2D eigenvalue weighted by Crippen LogP contribution is -2.04. The van der Waals surface area contributed by atoms with Crippen LogP contribution in [0.25, 0.3) is 0 Å². The number of hydrogen-bond donors (Lipinski definition) is 0. The van der Waals surface area contributed by atoms with Crippen molar-refractivity contribution >= 4 is 17.5 Å². The summed E-state index contributed by atoms with van der Waals surface area (Å²) in [5.41, 5.74) is 2.92. The van der Waals surface area contributed by atoms with Gasteiger partial charge in [-0.25, -0.2) is 9.97 Å². The summed E-state index contributed by atoms with van der Waals surface area (Å²) in [7, 11) is 1.97. The summed E-state index contributed by atoms with van der Waals surface area (Å²) < 4.78 is 2.03. The minimum Gasteiger partial charge on any atom is -0.351 e. The third-order valence-electron chi connectivity index (χ3n) is 2.98. The molecule has 2 heterocycles. The average Bonchev–Trinajstić information content (AvgIpc) is 2.65. The topological polar surface area (TPSA) is 47.8 Å². The molecule has 0 spiro atoms. The first-order chi connectivity index (χ1) is 8.59. The van der Waals surface area contributed by atoms with E-state index in [2.05, 4.69) is 9.97 Å². The molecule has 0 aromatic carbocycles. The van der Waals surface area contributed by atoms with Gasteiger partial charge in [-0.15, -0.1) is 0 Å². The second-order valence-electron chi connectivity index (χ2n) is 4.10. The molecule has 0 atom stereocenters. The minimum absolute atomic E-state index is 0.139. The maximum absolute atomic E-state index is 12.1. The highest BCUT2D eigenvalue weighted by Crippen LogP contribution is 2.19. The van der Waals surface area contributed by atoms with Gasteiger partial charge in [0.15, 0.2) is 5.78 Å². The SMILES string of the molecule is Cc1cc(C(=O)CSc2ccncn2)c(C)n1C. The Kier molecular flexibility index (Phi) is 3.81. The van der Waals surface area contributed by atoms with Crippen molar-refractivity contribution in [2.24, 2.45) is 7.05 Å². The fraction of sp³-hybridized carbons (Fsp3) is 0.308. The van der Waals surface area contributed by atoms with Crippen LogP contribution in [0.2, 0.25) is 0 Å². The van der Waals surface area contributed by atoms with E-state index in [1.54, 1.807) is 12.3 Å². The van der Waals surface area contributed by atoms with Gasteiger partial charge in [-0.2, -0.15) is 0 Å². The number of aryl methyl sites for hydroxylation is 1. The van der Waals surface area contributed by atoms with Crippen molar-refractivity contribution in [2.45, 2.75) is 18.9 Å². The third-order valence-corrected chi connectivity index (χ3v) is 3.93. The predicted molar refractivity (Wildman–Crippen MR) is 72.0 cm³/mol. The Balaban J connectivity index is 2.06. The summed E-state index contributed by atoms with van der Waals surface area (Å²) in [6.07, 6.45) is 3.17. The molecular formula is C13H15N3OS. The van der Waals surface area contributed by atoms with Crippen molar-refractivity contribution in [1.82, 2.24) is 14.5 Å². The molecule has 94 valence electrons. The van der Waals surface area contributed by atoms with Crippen LogP contribution in [0.3, 0.4) is 0 Å². The van der Waals surface area contributed by atoms with Gasteiger partial charge in [0.1, 0.15) is 6.33 Å². The molecule has 0 amide bonds. The van der Waals surface area contributed by atoms with Crippen molar-refractivity contribution in [1.29, 1.82) is 0 Å². The molecule has 0 saturated carbocycles. The van der Waals surface area contributed by atoms with Gasteiger partial charge in [-0.3, -0.25) is 4.79 Å². The van der Waals surface area contributed by atoms with E-state index in [0.717, 1.165) is 22.0 Å². The number of carbonyl (C=O) groups excluding carboxylic acids is 1. The molecule has 0 aliphatic rings. The largest absolute Gasteiger partial charge is 0.351 e. The van der Waals surface area contributed by atoms with Gasteiger partial charge >= 0.3 is 0 Å². The number of thioether (sulfide) groups is 1. The van der Waals surface area contributed by atoms with Gasteiger partial charge in [-0.1, -0.05) is 11.8 Å². The standard InChI is InChI=1S/C13H15N3OS/c1-9-6-11(10(2)16(9)3)12(17)7-18-13-4-5-14-8-15-13/h4-6,8H,7H2,1-3H3. The fourth-order valence-electron chi connectivity index (χ4n) is 1.72. The quantitative estimate of drug-likeness (QED) is 0.482. The van der Waals surface area contributed by atoms with Gasteiger partial charge < -0.3 is 4.57 Å². The molecule has 0 aliphatic heterocycles. The van der Waals surface area contributed by atoms with E-state index < -0.39 is 0 Å². The summed E-state index contributed by atoms with van der Waals surface area (Å²) in [4.78, 5) is 20.1. The van der Waals surface area contributed by atoms with Crippen LogP contribution in [-0.2, 0) is 7.05 Å². The van der Waals surface area contributed by atoms with E-state index in [1.807, 2.05) is 31.5 Å². The van der Waals surface area contributed by atoms with Crippen LogP contribution in [0.4, 0.5) is 0 Å². The van der Waals surface area contributed by atoms with Gasteiger partial charge in [0.05, 0.1) is 10.8 Å². The minimum atomic E-state index is 0.139. The zero-order valence-electron chi connectivity index (χ0n) is 10.7. The summed E-state index contributed by atoms with van der Waals surface area (Å²) >= 11 is 1.44. The number of aromatic nitrogens is 3. The fourth-order valence-corrected chi connectivity index (χ4v) is 2.43. The molecule has 5 heteroatoms. The maximum Gasteiger partial charge on any atom is 0.174 e. The molecule has 18 heavy (non-hydrogen) atoms. The van der Waals surface area contributed by atoms with Crippen LogP contribution >= 0.6 is 11.8 Å². The highest BCUT2D eigenvalue weighted by atomic mass is 32.2. The smallest absolute Gasteiger partial charge is 0.174 e. The molecule has 2 aromatic rings. The average molecular weight is 261 g/mol. The Labute approximate surface area is 110 Å². The summed E-state index contributed by atoms with van der Waals surface area (Å²) in [5.74, 6) is 0.543. The molecule has 0 saturated heterocycles. The molecule has 0 unspecified atom stereocenters. The first-order valence-electron chi connectivity index (χ1n) is 5.64. The number of nitrogens with zero attached hydrogens (tertiary/aromatic N) is 3. The lowest BCUT2D eigenvalue weighted by atomic mass is 10.2. The van der Waals surface area contributed by atoms with E-state index in [1.165, 1.54) is 18.1 Å². The first-order valence-corrected chi connectivity index (χ1v) is 6.63. The van der Waals surface area contributed by atoms with Crippen LogP contribution in [0.15, 0.2) is 29.7 Å². The maximum atomic E-state index is 12.1. The second-order valence-corrected chi connectivity index (χ2v) is 5.10. The number of ketones is 1. The van der Waals surface area contributed by atoms with Crippen molar-refractivity contribution in [3.63, 3.8) is 0 Å². The number of rotatable bonds is 4. The zero-order valence-corrected chi connectivity index (χ0v) is 11.5. The zero-order chi connectivity index (χ0) is 13.1. The Morgan fingerprint density at radius 3 is 2.78 bits per heavy atom. The van der Waals surface area contributed by atoms with Crippen molar-refractivity contribution in [3.8, 4) is 0 Å². The molecule has 0 fully saturated rings. The van der Waals surface area contributed by atoms with Crippen LogP contribution in [0.1, 0.15) is 21.7 Å². The lowest BCUT2D eigenvalue weighted by molar-refractivity contribution is 0.102. The number of Topliss-reactive ketones (excluding diaryl/α,β-unsaturated/α-hetero) is 1. The third kappa shape index (κ3) is 2.61. The Bertz CT molecular complexity index is 563. The second kappa shape index (κ2) is 5.35. The van der Waals surface area contributed by atoms with Crippen molar-refractivity contribution in [2.75, 3.05) is 5.75 Å². The Morgan fingerprint density at radius 1 is 1.44 bits per heavy atom. The van der Waals surface area contributed by atoms with Gasteiger partial charge in [0.2, 0.25) is 0 Å². The summed E-state index contributed by atoms with van der Waals surface area (Å²) in [6, 6.07) is 3.75. The summed E-state index contributed by atoms with van der Waals surface area (Å²) in [6.45, 7) is 3.97. The molecule has 2 rings (SSSR count). The van der Waals surface area contributed by atoms with E-state index in [4.69, 9.17) is 0 Å². The molecule has 0 bridgehead atoms. The summed E-state index contributed by atoms with van der Waals surface area (Å²) in [5, 5.41) is 0.823. The Hall–Kier alpha value is -1.62. The lowest BCUT2D eigenvalue weighted by Gasteiger charge is -2.02. The molecule has 0 N–H and O–H groups in total. The van der Waals surface area contributed by atoms with Crippen LogP contribution < -0.4 is 0 Å². The monoisotopic (exact) mass is 261 g/mol. The van der Waals surface area contributed by atoms with Crippen LogP contribution in [0.5, 0.6) is 0 Å². The number of hydrogen-bond acceptors (Lipinski definition) is 4. The molecule has 0 radical (unpaired) electrons. The van der Waals surface area contributed by atoms with E-state index >= 15 is 0 Å². The van der Waals surface area contributed by atoms with Gasteiger partial charge in [0.25, 0.3) is 0 Å². The van der Waals surface area contributed by atoms with E-state index in [-0.39, 0.29) is 5.78 Å². The van der Waals surface area contributed by atoms with Crippen LogP contribution in [0, 0.1) is 13.8 Å². The predicted octanol–water partition coefficient (Wildman–Crippen LogP) is 2.41. The molecule has 2 aromatic heterocycles. The normalized spacial score (nSPS) is 10.6. The van der Waals surface area contributed by atoms with Crippen molar-refractivity contribution in [3.05, 3.63) is 41.6 Å². The van der Waals surface area contributed by atoms with Crippen LogP contribution in [-0.4, -0.2) is 26.1 Å². The van der Waals surface area contributed by atoms with Gasteiger partial charge in [0, 0.05) is 30.2 Å². The number of carbonyl (C=O) groups is 1. The van der Waals surface area contributed by atoms with Crippen molar-refractivity contribution < 1.29 is 4.79 Å². The highest BCUT2D eigenvalue weighted by molar-refractivity contribution is 7.99. The molecular weight excluding hydrogens is 246 g/mol. The van der Waals surface area contributed by atoms with E-state index in [9.17, 15) is 4.79 Å². The highest BCUT2D eigenvalue weighted by Gasteiger charge is 2.14. The van der Waals surface area contributed by atoms with Gasteiger partial charge in [-0.05, 0) is 26.0 Å². The Morgan fingerprint density at radius 2 is 2.22 bits per heavy atom. The first kappa shape index (κ1) is 12.8.